The molecular formula is C13H10N2OS3. The van der Waals surface area contributed by atoms with Gasteiger partial charge in [-0.2, -0.15) is 0 Å². The molecule has 0 spiro atoms. The number of aryl methyl sites for hydroxylation is 1. The van der Waals surface area contributed by atoms with Gasteiger partial charge >= 0.3 is 0 Å². The number of amides is 1. The Labute approximate surface area is 122 Å². The number of rotatable bonds is 3. The van der Waals surface area contributed by atoms with Crippen molar-refractivity contribution < 1.29 is 4.79 Å². The molecule has 3 aromatic rings. The maximum atomic E-state index is 12.0. The van der Waals surface area contributed by atoms with Crippen molar-refractivity contribution in [2.75, 3.05) is 5.32 Å². The Kier molecular flexibility index (Phi) is 3.46. The van der Waals surface area contributed by atoms with E-state index in [0.717, 1.165) is 15.4 Å². The number of carbonyl (C=O) groups excluding carboxylic acids is 1. The van der Waals surface area contributed by atoms with Crippen LogP contribution in [-0.4, -0.2) is 10.9 Å². The third-order valence-corrected chi connectivity index (χ3v) is 5.11. The lowest BCUT2D eigenvalue weighted by Crippen LogP contribution is -2.09. The van der Waals surface area contributed by atoms with Gasteiger partial charge in [0, 0.05) is 10.3 Å². The van der Waals surface area contributed by atoms with Crippen molar-refractivity contribution in [1.29, 1.82) is 0 Å². The van der Waals surface area contributed by atoms with E-state index < -0.39 is 0 Å². The highest BCUT2D eigenvalue weighted by Gasteiger charge is 2.11. The Morgan fingerprint density at radius 3 is 2.84 bits per heavy atom. The second-order valence-electron chi connectivity index (χ2n) is 3.88. The smallest absolute Gasteiger partial charge is 0.267 e. The zero-order chi connectivity index (χ0) is 13.2. The molecule has 3 aromatic heterocycles. The van der Waals surface area contributed by atoms with Crippen LogP contribution in [0.3, 0.4) is 0 Å². The van der Waals surface area contributed by atoms with E-state index >= 15 is 0 Å². The Morgan fingerprint density at radius 2 is 2.16 bits per heavy atom. The van der Waals surface area contributed by atoms with Gasteiger partial charge in [0.25, 0.3) is 5.91 Å². The number of nitrogens with one attached hydrogen (secondary N) is 1. The van der Waals surface area contributed by atoms with Crippen LogP contribution in [-0.2, 0) is 0 Å². The number of thiazole rings is 1. The first kappa shape index (κ1) is 12.5. The molecule has 3 heterocycles. The normalized spacial score (nSPS) is 10.6. The van der Waals surface area contributed by atoms with E-state index in [-0.39, 0.29) is 5.91 Å². The average Bonchev–Trinajstić information content (AvgIpc) is 3.07. The maximum absolute atomic E-state index is 12.0. The van der Waals surface area contributed by atoms with E-state index in [9.17, 15) is 4.79 Å². The predicted molar refractivity (Wildman–Crippen MR) is 82.4 cm³/mol. The van der Waals surface area contributed by atoms with Gasteiger partial charge in [0.05, 0.1) is 15.4 Å². The number of hydrogen-bond donors (Lipinski definition) is 1. The van der Waals surface area contributed by atoms with Crippen LogP contribution in [0.5, 0.6) is 0 Å². The molecule has 6 heteroatoms. The van der Waals surface area contributed by atoms with Crippen molar-refractivity contribution in [1.82, 2.24) is 4.98 Å². The molecule has 0 saturated heterocycles. The molecule has 3 rings (SSSR count). The molecule has 0 aliphatic carbocycles. The number of carbonyl (C=O) groups is 1. The van der Waals surface area contributed by atoms with E-state index in [1.165, 1.54) is 22.7 Å². The van der Waals surface area contributed by atoms with Crippen LogP contribution in [0.25, 0.3) is 10.6 Å². The van der Waals surface area contributed by atoms with Crippen LogP contribution in [0, 0.1) is 6.92 Å². The van der Waals surface area contributed by atoms with Crippen molar-refractivity contribution >= 4 is 45.0 Å². The Balaban J connectivity index is 1.76. The van der Waals surface area contributed by atoms with Crippen LogP contribution in [0.15, 0.2) is 35.0 Å². The van der Waals surface area contributed by atoms with Crippen LogP contribution in [0.2, 0.25) is 0 Å². The minimum Gasteiger partial charge on any atom is -0.297 e. The Morgan fingerprint density at radius 1 is 1.26 bits per heavy atom. The van der Waals surface area contributed by atoms with Gasteiger partial charge in [-0.3, -0.25) is 10.1 Å². The third kappa shape index (κ3) is 2.75. The fourth-order valence-corrected chi connectivity index (χ4v) is 3.81. The highest BCUT2D eigenvalue weighted by atomic mass is 32.1. The summed E-state index contributed by atoms with van der Waals surface area (Å²) in [6, 6.07) is 7.79. The van der Waals surface area contributed by atoms with E-state index in [4.69, 9.17) is 0 Å². The fourth-order valence-electron chi connectivity index (χ4n) is 1.58. The van der Waals surface area contributed by atoms with Gasteiger partial charge in [0.15, 0.2) is 5.13 Å². The highest BCUT2D eigenvalue weighted by Crippen LogP contribution is 2.28. The summed E-state index contributed by atoms with van der Waals surface area (Å²) < 4.78 is 0. The molecule has 0 atom stereocenters. The fraction of sp³-hybridized carbons (Fsp3) is 0.0769. The van der Waals surface area contributed by atoms with E-state index in [2.05, 4.69) is 10.3 Å². The number of hydrogen-bond acceptors (Lipinski definition) is 5. The average molecular weight is 306 g/mol. The molecule has 0 unspecified atom stereocenters. The number of anilines is 1. The summed E-state index contributed by atoms with van der Waals surface area (Å²) in [5.41, 5.74) is 0.915. The number of aromatic nitrogens is 1. The van der Waals surface area contributed by atoms with Gasteiger partial charge in [-0.05, 0) is 30.5 Å². The Bertz CT molecular complexity index is 697. The van der Waals surface area contributed by atoms with Crippen LogP contribution >= 0.6 is 34.0 Å². The summed E-state index contributed by atoms with van der Waals surface area (Å²) in [5.74, 6) is -0.0924. The van der Waals surface area contributed by atoms with Crippen LogP contribution in [0.4, 0.5) is 5.13 Å². The second-order valence-corrected chi connectivity index (χ2v) is 6.97. The van der Waals surface area contributed by atoms with Crippen molar-refractivity contribution in [2.24, 2.45) is 0 Å². The molecule has 96 valence electrons. The van der Waals surface area contributed by atoms with Crippen molar-refractivity contribution in [2.45, 2.75) is 6.92 Å². The first-order valence-electron chi connectivity index (χ1n) is 5.59. The molecular weight excluding hydrogens is 296 g/mol. The van der Waals surface area contributed by atoms with Gasteiger partial charge in [-0.25, -0.2) is 4.98 Å². The summed E-state index contributed by atoms with van der Waals surface area (Å²) in [5, 5.41) is 7.45. The lowest BCUT2D eigenvalue weighted by atomic mass is 10.4. The summed E-state index contributed by atoms with van der Waals surface area (Å²) in [4.78, 5) is 19.4. The first-order chi connectivity index (χ1) is 9.22. The molecule has 0 aliphatic heterocycles. The molecule has 0 radical (unpaired) electrons. The molecule has 0 saturated carbocycles. The first-order valence-corrected chi connectivity index (χ1v) is 8.17. The van der Waals surface area contributed by atoms with Gasteiger partial charge in [0.2, 0.25) is 0 Å². The van der Waals surface area contributed by atoms with Crippen molar-refractivity contribution in [3.63, 3.8) is 0 Å². The minimum atomic E-state index is -0.0924. The van der Waals surface area contributed by atoms with Crippen molar-refractivity contribution in [3.8, 4) is 10.6 Å². The molecule has 19 heavy (non-hydrogen) atoms. The lowest BCUT2D eigenvalue weighted by Gasteiger charge is -1.97. The van der Waals surface area contributed by atoms with Gasteiger partial charge in [-0.15, -0.1) is 34.0 Å². The molecule has 3 nitrogen and oxygen atoms in total. The zero-order valence-corrected chi connectivity index (χ0v) is 12.5. The molecule has 0 aromatic carbocycles. The summed E-state index contributed by atoms with van der Waals surface area (Å²) in [7, 11) is 0. The van der Waals surface area contributed by atoms with Gasteiger partial charge in [-0.1, -0.05) is 6.07 Å². The number of thiophene rings is 2. The summed E-state index contributed by atoms with van der Waals surface area (Å²) >= 11 is 4.57. The van der Waals surface area contributed by atoms with Crippen molar-refractivity contribution in [3.05, 3.63) is 44.8 Å². The quantitative estimate of drug-likeness (QED) is 0.774. The van der Waals surface area contributed by atoms with Gasteiger partial charge < -0.3 is 0 Å². The molecule has 0 fully saturated rings. The lowest BCUT2D eigenvalue weighted by molar-refractivity contribution is 0.103. The second kappa shape index (κ2) is 5.24. The summed E-state index contributed by atoms with van der Waals surface area (Å²) in [6.45, 7) is 1.99. The van der Waals surface area contributed by atoms with Crippen LogP contribution in [0.1, 0.15) is 14.5 Å². The van der Waals surface area contributed by atoms with Crippen LogP contribution < -0.4 is 5.32 Å². The largest absolute Gasteiger partial charge is 0.297 e. The minimum absolute atomic E-state index is 0.0924. The molecule has 1 amide bonds. The SMILES string of the molecule is Cc1ccc(C(=O)Nc2nc(-c3cccs3)cs2)s1. The van der Waals surface area contributed by atoms with E-state index in [1.807, 2.05) is 41.9 Å². The topological polar surface area (TPSA) is 42.0 Å². The van der Waals surface area contributed by atoms with E-state index in [1.54, 1.807) is 11.3 Å². The summed E-state index contributed by atoms with van der Waals surface area (Å²) in [6.07, 6.45) is 0. The molecule has 1 N–H and O–H groups in total. The molecule has 0 bridgehead atoms. The number of nitrogens with zero attached hydrogens (tertiary/aromatic N) is 1. The predicted octanol–water partition coefficient (Wildman–Crippen LogP) is 4.49. The highest BCUT2D eigenvalue weighted by molar-refractivity contribution is 7.16. The molecule has 0 aliphatic rings. The monoisotopic (exact) mass is 306 g/mol. The zero-order valence-electron chi connectivity index (χ0n) is 10.0. The Hall–Kier alpha value is -1.50. The van der Waals surface area contributed by atoms with E-state index in [0.29, 0.717) is 10.0 Å². The van der Waals surface area contributed by atoms with Gasteiger partial charge in [0.1, 0.15) is 0 Å². The maximum Gasteiger partial charge on any atom is 0.267 e. The standard InChI is InChI=1S/C13H10N2OS3/c1-8-4-5-11(19-8)12(16)15-13-14-9(7-18-13)10-3-2-6-17-10/h2-7H,1H3,(H,14,15,16). The third-order valence-electron chi connectivity index (χ3n) is 2.46.